The largest absolute Gasteiger partial charge is 0.493 e. The molecule has 0 aliphatic carbocycles. The normalized spacial score (nSPS) is 16.0. The van der Waals surface area contributed by atoms with E-state index in [0.717, 1.165) is 43.5 Å². The first kappa shape index (κ1) is 22.2. The van der Waals surface area contributed by atoms with Crippen LogP contribution in [0.2, 0.25) is 0 Å². The molecule has 7 nitrogen and oxygen atoms in total. The number of carbonyl (C=O) groups excluding carboxylic acids is 1. The molecular formula is C26H27FN4O3. The van der Waals surface area contributed by atoms with Crippen molar-refractivity contribution in [2.24, 2.45) is 0 Å². The topological polar surface area (TPSA) is 98.5 Å². The summed E-state index contributed by atoms with van der Waals surface area (Å²) < 4.78 is 26.6. The zero-order valence-electron chi connectivity index (χ0n) is 19.0. The summed E-state index contributed by atoms with van der Waals surface area (Å²) in [7, 11) is 1.57. The molecule has 1 amide bonds. The molecule has 3 heterocycles. The fourth-order valence-electron chi connectivity index (χ4n) is 4.56. The number of hydrogen-bond donors (Lipinski definition) is 3. The number of nitrogen functional groups attached to an aromatic ring is 1. The zero-order valence-corrected chi connectivity index (χ0v) is 19.0. The first-order valence-corrected chi connectivity index (χ1v) is 11.5. The number of pyridine rings is 1. The number of methoxy groups -OCH3 is 1. The minimum Gasteiger partial charge on any atom is -0.493 e. The smallest absolute Gasteiger partial charge is 0.251 e. The Labute approximate surface area is 197 Å². The molecule has 0 saturated carbocycles. The van der Waals surface area contributed by atoms with Gasteiger partial charge in [0.15, 0.2) is 11.5 Å². The van der Waals surface area contributed by atoms with Crippen molar-refractivity contribution in [1.29, 1.82) is 0 Å². The van der Waals surface area contributed by atoms with Gasteiger partial charge in [-0.25, -0.2) is 4.98 Å². The Bertz CT molecular complexity index is 1240. The van der Waals surface area contributed by atoms with E-state index < -0.39 is 5.95 Å². The van der Waals surface area contributed by atoms with Gasteiger partial charge in [0.1, 0.15) is 11.9 Å². The van der Waals surface area contributed by atoms with Gasteiger partial charge in [0.05, 0.1) is 7.11 Å². The number of fused-ring (bicyclic) bond motifs is 1. The molecule has 0 atom stereocenters. The number of amides is 1. The van der Waals surface area contributed by atoms with E-state index in [-0.39, 0.29) is 17.8 Å². The Morgan fingerprint density at radius 2 is 1.74 bits per heavy atom. The third-order valence-electron chi connectivity index (χ3n) is 6.40. The average Bonchev–Trinajstić information content (AvgIpc) is 2.85. The van der Waals surface area contributed by atoms with Gasteiger partial charge in [0, 0.05) is 23.2 Å². The van der Waals surface area contributed by atoms with Crippen LogP contribution in [-0.4, -0.2) is 43.7 Å². The number of rotatable bonds is 5. The number of anilines is 1. The molecule has 0 radical (unpaired) electrons. The second-order valence-corrected chi connectivity index (χ2v) is 8.57. The van der Waals surface area contributed by atoms with E-state index in [1.54, 1.807) is 31.4 Å². The molecule has 176 valence electrons. The van der Waals surface area contributed by atoms with Crippen LogP contribution in [-0.2, 0) is 6.42 Å². The number of benzene rings is 2. The molecule has 4 N–H and O–H groups in total. The van der Waals surface area contributed by atoms with E-state index in [1.807, 2.05) is 18.2 Å². The number of halogens is 1. The van der Waals surface area contributed by atoms with Crippen LogP contribution in [0.3, 0.4) is 0 Å². The molecule has 5 rings (SSSR count). The van der Waals surface area contributed by atoms with Crippen LogP contribution in [0.15, 0.2) is 42.5 Å². The summed E-state index contributed by atoms with van der Waals surface area (Å²) in [6.45, 7) is 2.43. The molecule has 2 aliphatic heterocycles. The number of nitrogens with zero attached hydrogens (tertiary/aromatic N) is 1. The maximum absolute atomic E-state index is 14.9. The molecule has 3 aromatic rings. The van der Waals surface area contributed by atoms with Crippen LogP contribution in [0.5, 0.6) is 11.5 Å². The summed E-state index contributed by atoms with van der Waals surface area (Å²) in [6, 6.07) is 12.6. The number of nitrogens with two attached hydrogens (primary N) is 1. The highest BCUT2D eigenvalue weighted by Crippen LogP contribution is 2.37. The quantitative estimate of drug-likeness (QED) is 0.502. The summed E-state index contributed by atoms with van der Waals surface area (Å²) in [5, 5.41) is 6.16. The lowest BCUT2D eigenvalue weighted by molar-refractivity contribution is 0.0946. The Morgan fingerprint density at radius 3 is 2.53 bits per heavy atom. The van der Waals surface area contributed by atoms with Gasteiger partial charge in [0.25, 0.3) is 5.91 Å². The maximum Gasteiger partial charge on any atom is 0.251 e. The average molecular weight is 463 g/mol. The van der Waals surface area contributed by atoms with Crippen molar-refractivity contribution in [1.82, 2.24) is 15.6 Å². The van der Waals surface area contributed by atoms with E-state index in [1.165, 1.54) is 0 Å². The highest BCUT2D eigenvalue weighted by atomic mass is 19.1. The number of nitrogens with one attached hydrogen (secondary N) is 2. The van der Waals surface area contributed by atoms with Gasteiger partial charge < -0.3 is 25.8 Å². The standard InChI is InChI=1S/C26H27FN4O3/c1-33-23-13-16(3-5-22(23)34-18-7-9-29-10-8-18)20-14-21(25(28)31-24(20)27)15-2-4-19-17(12-15)6-11-30-26(19)32/h2-5,12-14,18,29H,6-11H2,1H3,(H2,28,31)(H,30,32). The lowest BCUT2D eigenvalue weighted by Crippen LogP contribution is -2.34. The van der Waals surface area contributed by atoms with Gasteiger partial charge in [-0.2, -0.15) is 4.39 Å². The summed E-state index contributed by atoms with van der Waals surface area (Å²) >= 11 is 0. The van der Waals surface area contributed by atoms with Gasteiger partial charge in [-0.15, -0.1) is 0 Å². The van der Waals surface area contributed by atoms with E-state index in [9.17, 15) is 9.18 Å². The van der Waals surface area contributed by atoms with Crippen LogP contribution in [0.25, 0.3) is 22.3 Å². The van der Waals surface area contributed by atoms with Gasteiger partial charge in [-0.05, 0) is 73.3 Å². The van der Waals surface area contributed by atoms with Crippen LogP contribution in [0.4, 0.5) is 10.2 Å². The third-order valence-corrected chi connectivity index (χ3v) is 6.40. The lowest BCUT2D eigenvalue weighted by Gasteiger charge is -2.25. The minimum atomic E-state index is -0.660. The lowest BCUT2D eigenvalue weighted by atomic mass is 9.94. The van der Waals surface area contributed by atoms with E-state index >= 15 is 0 Å². The molecule has 0 unspecified atom stereocenters. The van der Waals surface area contributed by atoms with E-state index in [2.05, 4.69) is 15.6 Å². The molecular weight excluding hydrogens is 435 g/mol. The molecule has 8 heteroatoms. The van der Waals surface area contributed by atoms with Gasteiger partial charge in [-0.3, -0.25) is 4.79 Å². The summed E-state index contributed by atoms with van der Waals surface area (Å²) in [5.41, 5.74) is 10.0. The molecule has 34 heavy (non-hydrogen) atoms. The van der Waals surface area contributed by atoms with Crippen LogP contribution in [0.1, 0.15) is 28.8 Å². The van der Waals surface area contributed by atoms with Crippen LogP contribution >= 0.6 is 0 Å². The van der Waals surface area contributed by atoms with Gasteiger partial charge in [0.2, 0.25) is 5.95 Å². The number of carbonyl (C=O) groups is 1. The molecule has 2 aromatic carbocycles. The summed E-state index contributed by atoms with van der Waals surface area (Å²) in [6.07, 6.45) is 2.69. The third kappa shape index (κ3) is 4.28. The van der Waals surface area contributed by atoms with Crippen molar-refractivity contribution in [3.63, 3.8) is 0 Å². The number of piperidine rings is 1. The molecule has 0 bridgehead atoms. The van der Waals surface area contributed by atoms with Crippen molar-refractivity contribution in [2.75, 3.05) is 32.5 Å². The van der Waals surface area contributed by atoms with E-state index in [0.29, 0.717) is 40.3 Å². The predicted molar refractivity (Wildman–Crippen MR) is 129 cm³/mol. The highest BCUT2D eigenvalue weighted by molar-refractivity contribution is 5.97. The Kier molecular flexibility index (Phi) is 6.06. The van der Waals surface area contributed by atoms with Crippen molar-refractivity contribution in [3.8, 4) is 33.8 Å². The number of hydrogen-bond acceptors (Lipinski definition) is 6. The number of aromatic nitrogens is 1. The molecule has 0 spiro atoms. The van der Waals surface area contributed by atoms with Crippen LogP contribution < -0.4 is 25.8 Å². The van der Waals surface area contributed by atoms with Gasteiger partial charge >= 0.3 is 0 Å². The second kappa shape index (κ2) is 9.30. The van der Waals surface area contributed by atoms with Crippen molar-refractivity contribution in [2.45, 2.75) is 25.4 Å². The zero-order chi connectivity index (χ0) is 23.7. The highest BCUT2D eigenvalue weighted by Gasteiger charge is 2.21. The first-order chi connectivity index (χ1) is 16.5. The minimum absolute atomic E-state index is 0.0856. The Hall–Kier alpha value is -3.65. The molecule has 1 saturated heterocycles. The van der Waals surface area contributed by atoms with Crippen molar-refractivity contribution < 1.29 is 18.7 Å². The molecule has 2 aliphatic rings. The van der Waals surface area contributed by atoms with Crippen molar-refractivity contribution >= 4 is 11.7 Å². The maximum atomic E-state index is 14.9. The van der Waals surface area contributed by atoms with Gasteiger partial charge in [-0.1, -0.05) is 18.2 Å². The van der Waals surface area contributed by atoms with Crippen molar-refractivity contribution in [3.05, 3.63) is 59.5 Å². The Morgan fingerprint density at radius 1 is 0.971 bits per heavy atom. The monoisotopic (exact) mass is 462 g/mol. The summed E-state index contributed by atoms with van der Waals surface area (Å²) in [5.74, 6) is 0.522. The molecule has 1 fully saturated rings. The summed E-state index contributed by atoms with van der Waals surface area (Å²) in [4.78, 5) is 16.1. The Balaban J connectivity index is 1.50. The fraction of sp³-hybridized carbons (Fsp3) is 0.308. The number of ether oxygens (including phenoxy) is 2. The first-order valence-electron chi connectivity index (χ1n) is 11.5. The molecule has 1 aromatic heterocycles. The predicted octanol–water partition coefficient (Wildman–Crippen LogP) is 3.56. The second-order valence-electron chi connectivity index (χ2n) is 8.57. The van der Waals surface area contributed by atoms with E-state index in [4.69, 9.17) is 15.2 Å². The van der Waals surface area contributed by atoms with Crippen LogP contribution in [0, 0.1) is 5.95 Å². The SMILES string of the molecule is COc1cc(-c2cc(-c3ccc4c(c3)CCNC4=O)c(N)nc2F)ccc1OC1CCNCC1. The fourth-order valence-corrected chi connectivity index (χ4v) is 4.56.